The average molecular weight is 535 g/mol. The van der Waals surface area contributed by atoms with Gasteiger partial charge in [-0.3, -0.25) is 9.59 Å². The van der Waals surface area contributed by atoms with Crippen molar-refractivity contribution in [3.8, 4) is 0 Å². The van der Waals surface area contributed by atoms with Gasteiger partial charge < -0.3 is 9.84 Å². The largest absolute Gasteiger partial charge is 0.481 e. The minimum Gasteiger partial charge on any atom is -0.481 e. The Kier molecular flexibility index (Phi) is 28.7. The maximum Gasteiger partial charge on any atom is 0.306 e. The van der Waals surface area contributed by atoms with Gasteiger partial charge in [-0.2, -0.15) is 0 Å². The molecule has 0 aliphatic carbocycles. The Morgan fingerprint density at radius 1 is 0.579 bits per heavy atom. The van der Waals surface area contributed by atoms with E-state index in [4.69, 9.17) is 9.84 Å². The first-order valence-corrected chi connectivity index (χ1v) is 16.3. The number of esters is 1. The maximum atomic E-state index is 12.4. The van der Waals surface area contributed by atoms with Crippen LogP contribution in [0.2, 0.25) is 0 Å². The van der Waals surface area contributed by atoms with Crippen LogP contribution in [0.3, 0.4) is 0 Å². The van der Waals surface area contributed by atoms with E-state index in [1.807, 2.05) is 0 Å². The van der Waals surface area contributed by atoms with Crippen LogP contribution in [0, 0.1) is 0 Å². The Bertz CT molecular complexity index is 581. The topological polar surface area (TPSA) is 63.6 Å². The van der Waals surface area contributed by atoms with Gasteiger partial charge in [-0.1, -0.05) is 122 Å². The molecule has 0 rings (SSSR count). The van der Waals surface area contributed by atoms with Gasteiger partial charge in [0.05, 0.1) is 0 Å². The van der Waals surface area contributed by atoms with Crippen molar-refractivity contribution in [2.75, 3.05) is 0 Å². The summed E-state index contributed by atoms with van der Waals surface area (Å²) in [6.45, 7) is 4.49. The third kappa shape index (κ3) is 29.0. The minimum atomic E-state index is -0.775. The first-order valence-electron chi connectivity index (χ1n) is 16.3. The maximum absolute atomic E-state index is 12.4. The van der Waals surface area contributed by atoms with Gasteiger partial charge in [0.2, 0.25) is 0 Å². The lowest BCUT2D eigenvalue weighted by Crippen LogP contribution is -2.18. The first-order chi connectivity index (χ1) is 18.6. The lowest BCUT2D eigenvalue weighted by atomic mass is 10.0. The van der Waals surface area contributed by atoms with Crippen LogP contribution in [0.5, 0.6) is 0 Å². The van der Waals surface area contributed by atoms with Gasteiger partial charge in [-0.25, -0.2) is 0 Å². The minimum absolute atomic E-state index is 0.105. The van der Waals surface area contributed by atoms with Crippen LogP contribution >= 0.6 is 0 Å². The molecule has 0 bridgehead atoms. The van der Waals surface area contributed by atoms with Crippen LogP contribution in [0.1, 0.15) is 174 Å². The number of carbonyl (C=O) groups is 2. The Hall–Kier alpha value is -1.58. The Balaban J connectivity index is 3.87. The molecule has 1 N–H and O–H groups in total. The Morgan fingerprint density at radius 3 is 1.66 bits per heavy atom. The zero-order chi connectivity index (χ0) is 27.9. The fraction of sp³-hybridized carbons (Fsp3) is 0.824. The van der Waals surface area contributed by atoms with Gasteiger partial charge in [0.25, 0.3) is 0 Å². The van der Waals surface area contributed by atoms with E-state index in [9.17, 15) is 9.59 Å². The summed E-state index contributed by atoms with van der Waals surface area (Å²) in [5.41, 5.74) is 0. The molecule has 0 aromatic heterocycles. The highest BCUT2D eigenvalue weighted by atomic mass is 16.5. The molecule has 0 aliphatic rings. The number of allylic oxidation sites excluding steroid dienone is 4. The third-order valence-corrected chi connectivity index (χ3v) is 7.18. The number of carbonyl (C=O) groups excluding carboxylic acids is 1. The van der Waals surface area contributed by atoms with Gasteiger partial charge in [0.1, 0.15) is 6.10 Å². The number of ether oxygens (including phenoxy) is 1. The molecule has 0 radical (unpaired) electrons. The van der Waals surface area contributed by atoms with Crippen molar-refractivity contribution in [3.05, 3.63) is 24.3 Å². The molecule has 4 heteroatoms. The molecule has 0 aromatic rings. The van der Waals surface area contributed by atoms with Crippen molar-refractivity contribution >= 4 is 11.9 Å². The van der Waals surface area contributed by atoms with Gasteiger partial charge in [0.15, 0.2) is 0 Å². The normalized spacial score (nSPS) is 12.5. The lowest BCUT2D eigenvalue weighted by Gasteiger charge is -2.18. The van der Waals surface area contributed by atoms with Gasteiger partial charge >= 0.3 is 11.9 Å². The van der Waals surface area contributed by atoms with Crippen LogP contribution in [0.4, 0.5) is 0 Å². The predicted octanol–water partition coefficient (Wildman–Crippen LogP) is 10.9. The summed E-state index contributed by atoms with van der Waals surface area (Å²) in [7, 11) is 0. The molecule has 0 saturated heterocycles. The SMILES string of the molecule is CCCCC/C=C\C/C=C\CCCCCCCC(=O)OC(CCCCCCCCCCC)CCCC(=O)O. The van der Waals surface area contributed by atoms with Gasteiger partial charge in [0, 0.05) is 12.8 Å². The van der Waals surface area contributed by atoms with Crippen molar-refractivity contribution < 1.29 is 19.4 Å². The molecule has 0 fully saturated rings. The first kappa shape index (κ1) is 36.4. The van der Waals surface area contributed by atoms with E-state index in [1.54, 1.807) is 0 Å². The number of carboxylic acid groups (broad SMARTS) is 1. The molecule has 0 amide bonds. The van der Waals surface area contributed by atoms with Gasteiger partial charge in [-0.15, -0.1) is 0 Å². The fourth-order valence-corrected chi connectivity index (χ4v) is 4.75. The van der Waals surface area contributed by atoms with E-state index < -0.39 is 5.97 Å². The number of carboxylic acids is 1. The highest BCUT2D eigenvalue weighted by molar-refractivity contribution is 5.69. The number of unbranched alkanes of at least 4 members (excludes halogenated alkanes) is 16. The Morgan fingerprint density at radius 2 is 1.05 bits per heavy atom. The zero-order valence-electron chi connectivity index (χ0n) is 25.2. The number of hydrogen-bond donors (Lipinski definition) is 1. The van der Waals surface area contributed by atoms with Crippen molar-refractivity contribution in [3.63, 3.8) is 0 Å². The molecule has 1 atom stereocenters. The molecule has 1 unspecified atom stereocenters. The highest BCUT2D eigenvalue weighted by Crippen LogP contribution is 2.17. The van der Waals surface area contributed by atoms with E-state index in [2.05, 4.69) is 38.2 Å². The lowest BCUT2D eigenvalue weighted by molar-refractivity contribution is -0.150. The molecule has 0 aliphatic heterocycles. The molecule has 38 heavy (non-hydrogen) atoms. The van der Waals surface area contributed by atoms with E-state index in [-0.39, 0.29) is 18.5 Å². The smallest absolute Gasteiger partial charge is 0.306 e. The van der Waals surface area contributed by atoms with E-state index >= 15 is 0 Å². The fourth-order valence-electron chi connectivity index (χ4n) is 4.75. The average Bonchev–Trinajstić information content (AvgIpc) is 2.89. The molecule has 222 valence electrons. The summed E-state index contributed by atoms with van der Waals surface area (Å²) in [6, 6.07) is 0. The predicted molar refractivity (Wildman–Crippen MR) is 163 cm³/mol. The van der Waals surface area contributed by atoms with Crippen molar-refractivity contribution in [2.24, 2.45) is 0 Å². The molecular formula is C34H62O4. The molecule has 0 heterocycles. The van der Waals surface area contributed by atoms with Crippen LogP contribution in [-0.2, 0) is 14.3 Å². The molecule has 0 aromatic carbocycles. The van der Waals surface area contributed by atoms with Crippen LogP contribution in [0.15, 0.2) is 24.3 Å². The zero-order valence-corrected chi connectivity index (χ0v) is 25.2. The second-order valence-electron chi connectivity index (χ2n) is 11.0. The summed E-state index contributed by atoms with van der Waals surface area (Å²) < 4.78 is 5.78. The summed E-state index contributed by atoms with van der Waals surface area (Å²) in [5, 5.41) is 8.95. The van der Waals surface area contributed by atoms with Crippen LogP contribution in [-0.4, -0.2) is 23.1 Å². The second kappa shape index (κ2) is 30.0. The number of rotatable bonds is 29. The number of hydrogen-bond acceptors (Lipinski definition) is 3. The monoisotopic (exact) mass is 534 g/mol. The second-order valence-corrected chi connectivity index (χ2v) is 11.0. The highest BCUT2D eigenvalue weighted by Gasteiger charge is 2.15. The summed E-state index contributed by atoms with van der Waals surface area (Å²) >= 11 is 0. The standard InChI is InChI=1S/C34H62O4/c1-3-5-7-9-11-13-14-15-16-17-18-20-22-24-26-31-34(37)38-32(29-27-30-33(35)36)28-25-23-21-19-12-10-8-6-4-2/h11,13,15-16,32H,3-10,12,14,17-31H2,1-2H3,(H,35,36)/b13-11-,16-15-. The van der Waals surface area contributed by atoms with Crippen LogP contribution < -0.4 is 0 Å². The quantitative estimate of drug-likeness (QED) is 0.0589. The molecule has 0 spiro atoms. The molecule has 4 nitrogen and oxygen atoms in total. The van der Waals surface area contributed by atoms with E-state index in [0.29, 0.717) is 19.3 Å². The summed E-state index contributed by atoms with van der Waals surface area (Å²) in [6.07, 6.45) is 36.1. The van der Waals surface area contributed by atoms with Crippen molar-refractivity contribution in [2.45, 2.75) is 180 Å². The summed E-state index contributed by atoms with van der Waals surface area (Å²) in [4.78, 5) is 23.3. The molecule has 0 saturated carbocycles. The third-order valence-electron chi connectivity index (χ3n) is 7.18. The number of aliphatic carboxylic acids is 1. The van der Waals surface area contributed by atoms with Crippen molar-refractivity contribution in [1.29, 1.82) is 0 Å². The van der Waals surface area contributed by atoms with Crippen molar-refractivity contribution in [1.82, 2.24) is 0 Å². The van der Waals surface area contributed by atoms with E-state index in [0.717, 1.165) is 38.5 Å². The van der Waals surface area contributed by atoms with E-state index in [1.165, 1.54) is 96.3 Å². The molecular weight excluding hydrogens is 472 g/mol. The van der Waals surface area contributed by atoms with Crippen LogP contribution in [0.25, 0.3) is 0 Å². The van der Waals surface area contributed by atoms with Gasteiger partial charge in [-0.05, 0) is 64.2 Å². The summed E-state index contributed by atoms with van der Waals surface area (Å²) in [5.74, 6) is -0.879. The Labute approximate surface area is 236 Å².